The van der Waals surface area contributed by atoms with Crippen LogP contribution in [0.2, 0.25) is 0 Å². The summed E-state index contributed by atoms with van der Waals surface area (Å²) in [5.41, 5.74) is 0. The van der Waals surface area contributed by atoms with Crippen LogP contribution in [0, 0.1) is 0 Å². The van der Waals surface area contributed by atoms with Gasteiger partial charge in [0.25, 0.3) is 0 Å². The number of rotatable bonds is 19. The van der Waals surface area contributed by atoms with E-state index in [0.29, 0.717) is 31.2 Å². The molecule has 2 heterocycles. The Balaban J connectivity index is 1.85. The van der Waals surface area contributed by atoms with E-state index in [1.165, 1.54) is 12.8 Å². The second-order valence-corrected chi connectivity index (χ2v) is 8.72. The van der Waals surface area contributed by atoms with Crippen molar-refractivity contribution in [2.24, 2.45) is 0 Å². The topological polar surface area (TPSA) is 131 Å². The van der Waals surface area contributed by atoms with Crippen LogP contribution in [0.25, 0.3) is 0 Å². The first-order valence-corrected chi connectivity index (χ1v) is 12.0. The molecule has 0 aliphatic rings. The third kappa shape index (κ3) is 10.7. The van der Waals surface area contributed by atoms with Crippen LogP contribution >= 0.6 is 0 Å². The zero-order chi connectivity index (χ0) is 24.8. The van der Waals surface area contributed by atoms with Gasteiger partial charge in [0.05, 0.1) is 13.1 Å². The molecule has 0 amide bonds. The highest BCUT2D eigenvalue weighted by molar-refractivity contribution is 5.75. The molecule has 2 rings (SSSR count). The number of carbonyl (C=O) groups is 3. The van der Waals surface area contributed by atoms with Gasteiger partial charge in [0.2, 0.25) is 0 Å². The smallest absolute Gasteiger partial charge is 0.323 e. The van der Waals surface area contributed by atoms with Crippen molar-refractivity contribution in [2.45, 2.75) is 90.9 Å². The van der Waals surface area contributed by atoms with Crippen LogP contribution in [0.15, 0.2) is 24.8 Å². The van der Waals surface area contributed by atoms with Gasteiger partial charge in [0.15, 0.2) is 0 Å². The maximum absolute atomic E-state index is 11.1. The predicted molar refractivity (Wildman–Crippen MR) is 126 cm³/mol. The van der Waals surface area contributed by atoms with Gasteiger partial charge >= 0.3 is 11.9 Å². The lowest BCUT2D eigenvalue weighted by atomic mass is 10.1. The number of hydrogen-bond acceptors (Lipinski definition) is 6. The molecule has 10 nitrogen and oxygen atoms in total. The fraction of sp³-hybridized carbons (Fsp3) is 0.625. The summed E-state index contributed by atoms with van der Waals surface area (Å²) in [5, 5.41) is 18.3. The zero-order valence-electron chi connectivity index (χ0n) is 20.1. The van der Waals surface area contributed by atoms with Crippen molar-refractivity contribution in [1.82, 2.24) is 24.0 Å². The number of ketones is 1. The fourth-order valence-corrected chi connectivity index (χ4v) is 3.95. The number of carboxylic acid groups (broad SMARTS) is 2. The number of unbranched alkanes of at least 4 members (excludes halogenated alkanes) is 7. The number of imidazole rings is 2. The van der Waals surface area contributed by atoms with Gasteiger partial charge in [-0.2, -0.15) is 0 Å². The SMILES string of the molecule is CC(=O)CCCCCCCCCCN(Cc1nccn1CC(=O)O)Cc1nccn1CC(=O)O. The Morgan fingerprint density at radius 2 is 1.21 bits per heavy atom. The third-order valence-corrected chi connectivity index (χ3v) is 5.70. The summed E-state index contributed by atoms with van der Waals surface area (Å²) >= 11 is 0. The van der Waals surface area contributed by atoms with Crippen molar-refractivity contribution in [3.8, 4) is 0 Å². The van der Waals surface area contributed by atoms with Crippen LogP contribution in [0.1, 0.15) is 76.4 Å². The molecule has 0 radical (unpaired) electrons. The molecule has 0 unspecified atom stereocenters. The van der Waals surface area contributed by atoms with Crippen molar-refractivity contribution in [3.05, 3.63) is 36.4 Å². The van der Waals surface area contributed by atoms with Gasteiger partial charge in [-0.25, -0.2) is 9.97 Å². The number of aliphatic carboxylic acids is 2. The van der Waals surface area contributed by atoms with E-state index in [1.807, 2.05) is 0 Å². The Labute approximate surface area is 200 Å². The normalized spacial score (nSPS) is 11.2. The summed E-state index contributed by atoms with van der Waals surface area (Å²) in [6.45, 7) is 3.03. The number of hydrogen-bond donors (Lipinski definition) is 2. The first-order valence-electron chi connectivity index (χ1n) is 12.0. The first kappa shape index (κ1) is 27.2. The molecule has 10 heteroatoms. The molecule has 0 aliphatic carbocycles. The minimum atomic E-state index is -0.927. The van der Waals surface area contributed by atoms with E-state index in [-0.39, 0.29) is 18.9 Å². The van der Waals surface area contributed by atoms with Gasteiger partial charge in [-0.15, -0.1) is 0 Å². The number of Topliss-reactive ketones (excluding diaryl/α,β-unsaturated/α-hetero) is 1. The lowest BCUT2D eigenvalue weighted by Gasteiger charge is -2.22. The largest absolute Gasteiger partial charge is 0.480 e. The summed E-state index contributed by atoms with van der Waals surface area (Å²) in [4.78, 5) is 44.1. The number of carboxylic acids is 2. The Bertz CT molecular complexity index is 851. The number of nitrogens with zero attached hydrogens (tertiary/aromatic N) is 5. The highest BCUT2D eigenvalue weighted by Gasteiger charge is 2.16. The molecule has 0 saturated heterocycles. The average molecular weight is 476 g/mol. The van der Waals surface area contributed by atoms with Crippen molar-refractivity contribution >= 4 is 17.7 Å². The summed E-state index contributed by atoms with van der Waals surface area (Å²) in [5.74, 6) is -0.276. The highest BCUT2D eigenvalue weighted by Crippen LogP contribution is 2.13. The molecule has 0 fully saturated rings. The van der Waals surface area contributed by atoms with Gasteiger partial charge in [-0.05, 0) is 26.3 Å². The van der Waals surface area contributed by atoms with Crippen molar-refractivity contribution < 1.29 is 24.6 Å². The monoisotopic (exact) mass is 475 g/mol. The van der Waals surface area contributed by atoms with Gasteiger partial charge in [-0.3, -0.25) is 14.5 Å². The van der Waals surface area contributed by atoms with Crippen molar-refractivity contribution in [3.63, 3.8) is 0 Å². The standard InChI is InChI=1S/C24H37N5O5/c1-20(30)10-8-6-4-2-3-5-7-9-13-27(16-21-25-11-14-28(21)18-23(31)32)17-22-26-12-15-29(22)19-24(33)34/h11-12,14-15H,2-10,13,16-19H2,1H3,(H,31,32)(H,33,34). The molecule has 0 aromatic carbocycles. The van der Waals surface area contributed by atoms with E-state index < -0.39 is 11.9 Å². The molecule has 2 aromatic heterocycles. The van der Waals surface area contributed by atoms with Crippen LogP contribution < -0.4 is 0 Å². The molecule has 0 spiro atoms. The minimum absolute atomic E-state index is 0.150. The van der Waals surface area contributed by atoms with E-state index in [0.717, 1.165) is 45.1 Å². The number of carbonyl (C=O) groups excluding carboxylic acids is 1. The molecule has 2 N–H and O–H groups in total. The first-order chi connectivity index (χ1) is 16.3. The Kier molecular flexibility index (Phi) is 12.0. The maximum atomic E-state index is 11.1. The zero-order valence-corrected chi connectivity index (χ0v) is 20.1. The van der Waals surface area contributed by atoms with Crippen LogP contribution in [-0.2, 0) is 40.6 Å². The maximum Gasteiger partial charge on any atom is 0.323 e. The lowest BCUT2D eigenvalue weighted by molar-refractivity contribution is -0.138. The second kappa shape index (κ2) is 15.0. The summed E-state index contributed by atoms with van der Waals surface area (Å²) in [6, 6.07) is 0. The van der Waals surface area contributed by atoms with Gasteiger partial charge in [-0.1, -0.05) is 38.5 Å². The van der Waals surface area contributed by atoms with Crippen LogP contribution in [0.5, 0.6) is 0 Å². The molecule has 0 atom stereocenters. The van der Waals surface area contributed by atoms with Crippen molar-refractivity contribution in [2.75, 3.05) is 6.54 Å². The van der Waals surface area contributed by atoms with E-state index in [9.17, 15) is 14.4 Å². The quantitative estimate of drug-likeness (QED) is 0.296. The molecule has 0 saturated carbocycles. The molecule has 188 valence electrons. The third-order valence-electron chi connectivity index (χ3n) is 5.70. The van der Waals surface area contributed by atoms with Crippen LogP contribution in [0.4, 0.5) is 0 Å². The molecule has 0 bridgehead atoms. The number of aromatic nitrogens is 4. The van der Waals surface area contributed by atoms with Gasteiger partial charge < -0.3 is 24.1 Å². The molecule has 34 heavy (non-hydrogen) atoms. The van der Waals surface area contributed by atoms with Gasteiger partial charge in [0.1, 0.15) is 30.5 Å². The molecule has 0 aliphatic heterocycles. The Morgan fingerprint density at radius 1 is 0.765 bits per heavy atom. The predicted octanol–water partition coefficient (Wildman–Crippen LogP) is 3.35. The molecular weight excluding hydrogens is 438 g/mol. The lowest BCUT2D eigenvalue weighted by Crippen LogP contribution is -2.28. The summed E-state index contributed by atoms with van der Waals surface area (Å²) in [7, 11) is 0. The van der Waals surface area contributed by atoms with Crippen molar-refractivity contribution in [1.29, 1.82) is 0 Å². The van der Waals surface area contributed by atoms with Crippen LogP contribution in [0.3, 0.4) is 0 Å². The minimum Gasteiger partial charge on any atom is -0.480 e. The molecule has 2 aromatic rings. The highest BCUT2D eigenvalue weighted by atomic mass is 16.4. The summed E-state index contributed by atoms with van der Waals surface area (Å²) < 4.78 is 3.23. The van der Waals surface area contributed by atoms with E-state index in [2.05, 4.69) is 14.9 Å². The summed E-state index contributed by atoms with van der Waals surface area (Å²) in [6.07, 6.45) is 16.0. The fourth-order valence-electron chi connectivity index (χ4n) is 3.95. The van der Waals surface area contributed by atoms with Gasteiger partial charge in [0, 0.05) is 31.2 Å². The second-order valence-electron chi connectivity index (χ2n) is 8.72. The van der Waals surface area contributed by atoms with E-state index in [1.54, 1.807) is 40.8 Å². The molecular formula is C24H37N5O5. The van der Waals surface area contributed by atoms with Crippen LogP contribution in [-0.4, -0.2) is 58.5 Å². The van der Waals surface area contributed by atoms with E-state index >= 15 is 0 Å². The Morgan fingerprint density at radius 3 is 1.65 bits per heavy atom. The average Bonchev–Trinajstić information content (AvgIpc) is 3.37. The Hall–Kier alpha value is -3.01. The van der Waals surface area contributed by atoms with E-state index in [4.69, 9.17) is 10.2 Å².